The van der Waals surface area contributed by atoms with Gasteiger partial charge in [0.15, 0.2) is 0 Å². The molecule has 0 amide bonds. The molecule has 2 aliphatic rings. The second-order valence-electron chi connectivity index (χ2n) is 4.12. The van der Waals surface area contributed by atoms with Crippen LogP contribution in [0.5, 0.6) is 0 Å². The van der Waals surface area contributed by atoms with Gasteiger partial charge in [-0.15, -0.1) is 0 Å². The van der Waals surface area contributed by atoms with E-state index in [9.17, 15) is 0 Å². The van der Waals surface area contributed by atoms with Gasteiger partial charge in [0.25, 0.3) is 0 Å². The van der Waals surface area contributed by atoms with Crippen molar-refractivity contribution >= 4 is 4.35 Å². The van der Waals surface area contributed by atoms with E-state index < -0.39 is 0 Å². The van der Waals surface area contributed by atoms with Crippen molar-refractivity contribution in [3.63, 3.8) is 0 Å². The summed E-state index contributed by atoms with van der Waals surface area (Å²) in [5.74, 6) is 0. The van der Waals surface area contributed by atoms with E-state index in [1.165, 1.54) is 0 Å². The van der Waals surface area contributed by atoms with E-state index in [0.717, 1.165) is 24.0 Å². The van der Waals surface area contributed by atoms with Crippen LogP contribution in [0.3, 0.4) is 0 Å². The molecule has 0 N–H and O–H groups in total. The van der Waals surface area contributed by atoms with Crippen LogP contribution in [0.15, 0.2) is 18.0 Å². The van der Waals surface area contributed by atoms with Crippen LogP contribution < -0.4 is 0 Å². The summed E-state index contributed by atoms with van der Waals surface area (Å²) >= 11 is 2.56. The Kier molecular flexibility index (Phi) is 3.50. The van der Waals surface area contributed by atoms with Crippen molar-refractivity contribution in [1.29, 1.82) is 0 Å². The van der Waals surface area contributed by atoms with Gasteiger partial charge in [-0.25, -0.2) is 0 Å². The first kappa shape index (κ1) is 11.2. The van der Waals surface area contributed by atoms with E-state index in [1.807, 2.05) is 12.3 Å². The SMILES string of the molecule is CC(C)N1CCO[C@@H](N2C=C=C[C]2=[V])C1. The van der Waals surface area contributed by atoms with E-state index in [0.29, 0.717) is 6.04 Å². The van der Waals surface area contributed by atoms with E-state index in [1.54, 1.807) is 0 Å². The monoisotopic (exact) mass is 243 g/mol. The minimum absolute atomic E-state index is 0.144. The molecule has 2 heterocycles. The van der Waals surface area contributed by atoms with Crippen LogP contribution in [0, 0.1) is 0 Å². The van der Waals surface area contributed by atoms with Crippen molar-refractivity contribution in [2.75, 3.05) is 19.7 Å². The molecule has 0 bridgehead atoms. The second-order valence-corrected chi connectivity index (χ2v) is 4.84. The van der Waals surface area contributed by atoms with Crippen molar-refractivity contribution in [1.82, 2.24) is 9.80 Å². The Morgan fingerprint density at radius 1 is 1.60 bits per heavy atom. The summed E-state index contributed by atoms with van der Waals surface area (Å²) in [6.07, 6.45) is 4.07. The third kappa shape index (κ3) is 2.44. The molecule has 0 unspecified atom stereocenters. The Balaban J connectivity index is 1.99. The zero-order valence-electron chi connectivity index (χ0n) is 9.18. The van der Waals surface area contributed by atoms with Gasteiger partial charge in [-0.2, -0.15) is 0 Å². The van der Waals surface area contributed by atoms with Gasteiger partial charge in [-0.05, 0) is 0 Å². The third-order valence-corrected chi connectivity index (χ3v) is 3.37. The fourth-order valence-corrected chi connectivity index (χ4v) is 2.26. The molecule has 1 saturated heterocycles. The van der Waals surface area contributed by atoms with E-state index >= 15 is 0 Å². The fourth-order valence-electron chi connectivity index (χ4n) is 1.85. The van der Waals surface area contributed by atoms with Crippen LogP contribution in [-0.2, 0) is 21.7 Å². The average Bonchev–Trinajstić information content (AvgIpc) is 2.64. The molecule has 81 valence electrons. The minimum atomic E-state index is 0.144. The zero-order chi connectivity index (χ0) is 10.8. The molecule has 1 atom stereocenters. The number of rotatable bonds is 2. The summed E-state index contributed by atoms with van der Waals surface area (Å²) in [5, 5.41) is 0. The van der Waals surface area contributed by atoms with E-state index in [-0.39, 0.29) is 6.23 Å². The van der Waals surface area contributed by atoms with Crippen molar-refractivity contribution < 1.29 is 21.7 Å². The molecule has 0 spiro atoms. The van der Waals surface area contributed by atoms with E-state index in [4.69, 9.17) is 4.74 Å². The summed E-state index contributed by atoms with van der Waals surface area (Å²) in [5.41, 5.74) is 3.09. The van der Waals surface area contributed by atoms with Crippen LogP contribution in [0.25, 0.3) is 0 Å². The van der Waals surface area contributed by atoms with Gasteiger partial charge < -0.3 is 0 Å². The van der Waals surface area contributed by atoms with Crippen molar-refractivity contribution in [2.45, 2.75) is 26.1 Å². The van der Waals surface area contributed by atoms with Gasteiger partial charge in [-0.3, -0.25) is 0 Å². The predicted octanol–water partition coefficient (Wildman–Crippen LogP) is 0.714. The number of nitrogens with zero attached hydrogens (tertiary/aromatic N) is 2. The molecule has 2 rings (SSSR count). The Hall–Kier alpha value is -0.306. The molecule has 0 saturated carbocycles. The molecule has 2 aliphatic heterocycles. The third-order valence-electron chi connectivity index (χ3n) is 2.81. The zero-order valence-corrected chi connectivity index (χ0v) is 10.6. The van der Waals surface area contributed by atoms with Crippen LogP contribution >= 0.6 is 0 Å². The van der Waals surface area contributed by atoms with Gasteiger partial charge in [0.2, 0.25) is 0 Å². The Labute approximate surface area is 99.9 Å². The maximum absolute atomic E-state index is 5.77. The summed E-state index contributed by atoms with van der Waals surface area (Å²) in [7, 11) is 0. The molecule has 0 aromatic heterocycles. The molecule has 0 aliphatic carbocycles. The first-order valence-corrected chi connectivity index (χ1v) is 6.01. The Morgan fingerprint density at radius 3 is 3.00 bits per heavy atom. The summed E-state index contributed by atoms with van der Waals surface area (Å²) < 4.78 is 6.93. The second kappa shape index (κ2) is 4.69. The molecule has 4 heteroatoms. The number of ether oxygens (including phenoxy) is 1. The topological polar surface area (TPSA) is 15.7 Å². The molecule has 0 aromatic rings. The van der Waals surface area contributed by atoms with Gasteiger partial charge in [0, 0.05) is 0 Å². The van der Waals surface area contributed by atoms with Crippen LogP contribution in [0.4, 0.5) is 0 Å². The average molecular weight is 243 g/mol. The quantitative estimate of drug-likeness (QED) is 0.664. The van der Waals surface area contributed by atoms with Gasteiger partial charge in [-0.1, -0.05) is 0 Å². The number of hydrogen-bond donors (Lipinski definition) is 0. The van der Waals surface area contributed by atoms with Crippen molar-refractivity contribution in [3.05, 3.63) is 18.0 Å². The van der Waals surface area contributed by atoms with E-state index in [2.05, 4.69) is 46.4 Å². The van der Waals surface area contributed by atoms with Gasteiger partial charge >= 0.3 is 99.7 Å². The molecule has 15 heavy (non-hydrogen) atoms. The molecular weight excluding hydrogens is 227 g/mol. The van der Waals surface area contributed by atoms with Crippen molar-refractivity contribution in [3.8, 4) is 0 Å². The number of hydrogen-bond acceptors (Lipinski definition) is 3. The molecule has 3 nitrogen and oxygen atoms in total. The van der Waals surface area contributed by atoms with Crippen molar-refractivity contribution in [2.24, 2.45) is 0 Å². The van der Waals surface area contributed by atoms with Crippen LogP contribution in [0.2, 0.25) is 0 Å². The molecular formula is C11H16N2OV. The number of morpholine rings is 1. The first-order chi connectivity index (χ1) is 7.18. The molecule has 0 aromatic carbocycles. The molecule has 1 fully saturated rings. The summed E-state index contributed by atoms with van der Waals surface area (Å²) in [4.78, 5) is 4.58. The Morgan fingerprint density at radius 2 is 2.40 bits per heavy atom. The Bertz CT molecular complexity index is 321. The standard InChI is InChI=1S/C11H16N2O.V/c1-10(2)13-7-8-14-11(9-13)12-5-3-4-6-12;/h3,6,10-11H,7-9H2,1-2H3;/t11-;/m1./s1. The summed E-state index contributed by atoms with van der Waals surface area (Å²) in [6, 6.07) is 0.589. The van der Waals surface area contributed by atoms with Crippen LogP contribution in [0.1, 0.15) is 13.8 Å². The fraction of sp³-hybridized carbons (Fsp3) is 0.636. The summed E-state index contributed by atoms with van der Waals surface area (Å²) in [6.45, 7) is 7.27. The van der Waals surface area contributed by atoms with Gasteiger partial charge in [0.05, 0.1) is 0 Å². The normalized spacial score (nSPS) is 26.9. The first-order valence-electron chi connectivity index (χ1n) is 5.31. The van der Waals surface area contributed by atoms with Gasteiger partial charge in [0.1, 0.15) is 0 Å². The molecule has 0 radical (unpaired) electrons. The maximum atomic E-state index is 5.77. The predicted molar refractivity (Wildman–Crippen MR) is 55.9 cm³/mol. The van der Waals surface area contributed by atoms with Crippen LogP contribution in [-0.4, -0.2) is 46.1 Å².